The number of phenolic OH excluding ortho intramolecular Hbond substituents is 1. The van der Waals surface area contributed by atoms with Crippen molar-refractivity contribution >= 4 is 30.8 Å². The van der Waals surface area contributed by atoms with Crippen LogP contribution in [0.25, 0.3) is 10.8 Å². The minimum atomic E-state index is -2.61. The van der Waals surface area contributed by atoms with Crippen molar-refractivity contribution in [2.75, 3.05) is 27.9 Å². The fourth-order valence-electron chi connectivity index (χ4n) is 9.46. The number of hydrogen-bond donors (Lipinski definition) is 3. The number of ketones is 1. The average Bonchev–Trinajstić information content (AvgIpc) is 3.78. The van der Waals surface area contributed by atoms with Gasteiger partial charge in [0.2, 0.25) is 11.9 Å². The molecular weight excluding hydrogens is 765 g/mol. The minimum Gasteiger partial charge on any atom is -0.506 e. The van der Waals surface area contributed by atoms with E-state index in [4.69, 9.17) is 51.8 Å². The van der Waals surface area contributed by atoms with Crippen molar-refractivity contribution in [3.63, 3.8) is 0 Å². The number of carbonyl (C=O) groups excluding carboxylic acids is 2. The third-order valence-electron chi connectivity index (χ3n) is 13.2. The van der Waals surface area contributed by atoms with Gasteiger partial charge in [-0.2, -0.15) is 0 Å². The molecule has 16 nitrogen and oxygen atoms in total. The minimum absolute atomic E-state index is 0.0000616. The highest BCUT2D eigenvalue weighted by molar-refractivity contribution is 6.74. The molecule has 2 aromatic rings. The Bertz CT molecular complexity index is 2020. The normalized spacial score (nSPS) is 38.0. The molecule has 0 aromatic heterocycles. The highest BCUT2D eigenvalue weighted by atomic mass is 28.4. The zero-order valence-corrected chi connectivity index (χ0v) is 35.5. The van der Waals surface area contributed by atoms with Crippen LogP contribution in [0.15, 0.2) is 6.07 Å². The van der Waals surface area contributed by atoms with E-state index in [1.807, 2.05) is 20.0 Å². The molecule has 0 saturated carbocycles. The summed E-state index contributed by atoms with van der Waals surface area (Å²) in [6, 6.07) is 1.80. The molecule has 2 aromatic carbocycles. The lowest BCUT2D eigenvalue weighted by Crippen LogP contribution is -2.69. The number of aliphatic hydroxyl groups is 2. The molecule has 6 aliphatic rings. The van der Waals surface area contributed by atoms with Crippen molar-refractivity contribution in [3.05, 3.63) is 28.3 Å². The number of esters is 1. The molecule has 2 bridgehead atoms. The summed E-state index contributed by atoms with van der Waals surface area (Å²) < 4.78 is 68.0. The Morgan fingerprint density at radius 3 is 2.30 bits per heavy atom. The number of methoxy groups -OCH3 is 3. The first-order valence-corrected chi connectivity index (χ1v) is 22.2. The zero-order valence-electron chi connectivity index (χ0n) is 34.5. The molecule has 5 heterocycles. The number of epoxide rings is 1. The van der Waals surface area contributed by atoms with E-state index in [0.717, 1.165) is 0 Å². The molecule has 0 unspecified atom stereocenters. The Labute approximate surface area is 331 Å². The van der Waals surface area contributed by atoms with Crippen LogP contribution in [-0.4, -0.2) is 123 Å². The van der Waals surface area contributed by atoms with Crippen LogP contribution in [0.4, 0.5) is 0 Å². The fourth-order valence-corrected chi connectivity index (χ4v) is 10.7. The van der Waals surface area contributed by atoms with E-state index in [0.29, 0.717) is 16.5 Å². The molecule has 4 fully saturated rings. The maximum Gasteiger partial charge on any atom is 0.303 e. The van der Waals surface area contributed by atoms with Crippen LogP contribution in [0.3, 0.4) is 0 Å². The lowest BCUT2D eigenvalue weighted by molar-refractivity contribution is -0.344. The van der Waals surface area contributed by atoms with E-state index in [1.165, 1.54) is 28.3 Å². The number of aromatic hydroxyl groups is 1. The maximum absolute atomic E-state index is 14.9. The number of benzene rings is 2. The predicted octanol–water partition coefficient (Wildman–Crippen LogP) is 4.35. The summed E-state index contributed by atoms with van der Waals surface area (Å²) in [5, 5.41) is 36.7. The lowest BCUT2D eigenvalue weighted by Gasteiger charge is -2.47. The van der Waals surface area contributed by atoms with Gasteiger partial charge < -0.3 is 67.1 Å². The molecule has 1 spiro atoms. The highest BCUT2D eigenvalue weighted by Crippen LogP contribution is 2.71. The Balaban J connectivity index is 1.29. The lowest BCUT2D eigenvalue weighted by atomic mass is 9.77. The molecule has 314 valence electrons. The largest absolute Gasteiger partial charge is 0.506 e. The monoisotopic (exact) mass is 818 g/mol. The first kappa shape index (κ1) is 40.8. The van der Waals surface area contributed by atoms with Crippen molar-refractivity contribution in [1.82, 2.24) is 0 Å². The highest BCUT2D eigenvalue weighted by Gasteiger charge is 2.92. The smallest absolute Gasteiger partial charge is 0.303 e. The molecule has 1 aliphatic carbocycles. The molecule has 57 heavy (non-hydrogen) atoms. The number of hydrogen-bond acceptors (Lipinski definition) is 16. The second kappa shape index (κ2) is 13.0. The topological polar surface area (TPSA) is 200 Å². The maximum atomic E-state index is 14.9. The number of aryl methyl sites for hydroxylation is 1. The molecule has 8 rings (SSSR count). The Morgan fingerprint density at radius 1 is 1.07 bits per heavy atom. The summed E-state index contributed by atoms with van der Waals surface area (Å²) in [5.41, 5.74) is -1.76. The zero-order chi connectivity index (χ0) is 41.6. The van der Waals surface area contributed by atoms with Crippen molar-refractivity contribution in [1.29, 1.82) is 0 Å². The quantitative estimate of drug-likeness (QED) is 0.140. The van der Waals surface area contributed by atoms with E-state index < -0.39 is 97.8 Å². The second-order valence-corrected chi connectivity index (χ2v) is 22.7. The van der Waals surface area contributed by atoms with Gasteiger partial charge in [0, 0.05) is 50.5 Å². The summed E-state index contributed by atoms with van der Waals surface area (Å²) in [4.78, 5) is 26.8. The fraction of sp³-hybridized carbons (Fsp3) is 0.700. The molecule has 17 heteroatoms. The van der Waals surface area contributed by atoms with Gasteiger partial charge in [0.25, 0.3) is 11.6 Å². The Hall–Kier alpha value is -2.94. The van der Waals surface area contributed by atoms with Crippen LogP contribution in [0.5, 0.6) is 17.2 Å². The van der Waals surface area contributed by atoms with Gasteiger partial charge >= 0.3 is 5.97 Å². The number of Topliss-reactive ketones (excluding diaryl/α,β-unsaturated/α-hetero) is 1. The van der Waals surface area contributed by atoms with Crippen LogP contribution >= 0.6 is 0 Å². The van der Waals surface area contributed by atoms with E-state index >= 15 is 0 Å². The summed E-state index contributed by atoms with van der Waals surface area (Å²) in [5.74, 6) is -4.97. The van der Waals surface area contributed by atoms with Crippen LogP contribution in [0.1, 0.15) is 93.6 Å². The number of ether oxygens (including phenoxy) is 10. The van der Waals surface area contributed by atoms with Crippen molar-refractivity contribution in [2.45, 2.75) is 151 Å². The first-order valence-electron chi connectivity index (χ1n) is 19.3. The average molecular weight is 819 g/mol. The molecule has 5 aliphatic heterocycles. The van der Waals surface area contributed by atoms with Crippen LogP contribution in [0.2, 0.25) is 18.1 Å². The molecular formula is C40H54O16Si. The van der Waals surface area contributed by atoms with Gasteiger partial charge in [0.05, 0.1) is 36.9 Å². The van der Waals surface area contributed by atoms with Gasteiger partial charge in [-0.3, -0.25) is 9.59 Å². The molecule has 0 amide bonds. The number of carbonyl (C=O) groups is 2. The van der Waals surface area contributed by atoms with Gasteiger partial charge in [-0.25, -0.2) is 0 Å². The van der Waals surface area contributed by atoms with E-state index in [2.05, 4.69) is 20.8 Å². The number of rotatable bonds is 9. The van der Waals surface area contributed by atoms with Gasteiger partial charge in [-0.1, -0.05) is 20.8 Å². The van der Waals surface area contributed by atoms with Crippen LogP contribution in [-0.2, 0) is 47.1 Å². The van der Waals surface area contributed by atoms with Gasteiger partial charge in [0.1, 0.15) is 35.1 Å². The third kappa shape index (κ3) is 5.54. The molecule has 11 atom stereocenters. The standard InChI is InChI=1S/C40H54O16Si/c1-17-13-20-25(31-24(17)32-34-39(45,53-31)38(16-49-38)40(54-32,55-34)35(47-9)48-10)29(43)27-26(30(20)46-8)21(14-22(28(27)42)56-57(11,12)36(4,5)6)52-23-15-37(7,44)33(18(2)50-23)51-19(3)41/h13,18,21-23,32-35,43-45H,14-16H2,1-12H3/t18-,21-,22-,23-,32-,33+,34-,37+,38-,39+,40-/m0/s1. The van der Waals surface area contributed by atoms with E-state index in [1.54, 1.807) is 19.9 Å². The first-order chi connectivity index (χ1) is 26.5. The van der Waals surface area contributed by atoms with Crippen molar-refractivity contribution < 1.29 is 76.7 Å². The second-order valence-electron chi connectivity index (χ2n) is 17.9. The van der Waals surface area contributed by atoms with E-state index in [-0.39, 0.29) is 52.5 Å². The Kier molecular flexibility index (Phi) is 9.33. The third-order valence-corrected chi connectivity index (χ3v) is 17.7. The summed E-state index contributed by atoms with van der Waals surface area (Å²) >= 11 is 0. The van der Waals surface area contributed by atoms with E-state index in [9.17, 15) is 24.9 Å². The van der Waals surface area contributed by atoms with Crippen LogP contribution < -0.4 is 9.47 Å². The van der Waals surface area contributed by atoms with Crippen molar-refractivity contribution in [2.24, 2.45) is 0 Å². The van der Waals surface area contributed by atoms with Gasteiger partial charge in [0.15, 0.2) is 32.6 Å². The van der Waals surface area contributed by atoms with Crippen LogP contribution in [0, 0.1) is 6.92 Å². The summed E-state index contributed by atoms with van der Waals surface area (Å²) in [7, 11) is 1.70. The number of fused-ring (bicyclic) bond motifs is 8. The summed E-state index contributed by atoms with van der Waals surface area (Å²) in [6.07, 6.45) is -7.85. The van der Waals surface area contributed by atoms with Crippen molar-refractivity contribution in [3.8, 4) is 17.2 Å². The molecule has 0 radical (unpaired) electrons. The SMILES string of the molecule is COc1c2c(c(O)c3c4c(c(C)cc13)[C@@H]1O[C@@]3(C(OC)OC)O[C@@H]1[C@@](O)(O4)[C@@]31CO1)C(=O)[C@@H](O[Si](C)(C)C(C)(C)C)C[C@@H]2O[C@H]1C[C@@](C)(O)[C@H](OC(C)=O)[C@H](C)O1. The predicted molar refractivity (Wildman–Crippen MR) is 200 cm³/mol. The summed E-state index contributed by atoms with van der Waals surface area (Å²) in [6.45, 7) is 16.6. The number of phenols is 1. The Morgan fingerprint density at radius 2 is 1.74 bits per heavy atom. The molecule has 3 N–H and O–H groups in total. The van der Waals surface area contributed by atoms with Gasteiger partial charge in [-0.15, -0.1) is 0 Å². The van der Waals surface area contributed by atoms with Gasteiger partial charge in [-0.05, 0) is 50.5 Å². The molecule has 4 saturated heterocycles.